The van der Waals surface area contributed by atoms with Crippen molar-refractivity contribution in [2.45, 2.75) is 51.0 Å². The first-order valence-electron chi connectivity index (χ1n) is 8.79. The Kier molecular flexibility index (Phi) is 7.37. The second kappa shape index (κ2) is 9.51. The van der Waals surface area contributed by atoms with Crippen LogP contribution in [-0.4, -0.2) is 31.5 Å². The lowest BCUT2D eigenvalue weighted by molar-refractivity contribution is -0.142. The third-order valence-corrected chi connectivity index (χ3v) is 4.63. The summed E-state index contributed by atoms with van der Waals surface area (Å²) in [5.41, 5.74) is 5.46. The summed E-state index contributed by atoms with van der Waals surface area (Å²) in [6, 6.07) is 4.39. The average Bonchev–Trinajstić information content (AvgIpc) is 2.61. The van der Waals surface area contributed by atoms with E-state index in [4.69, 9.17) is 15.2 Å². The Bertz CT molecular complexity index is 597. The van der Waals surface area contributed by atoms with Gasteiger partial charge in [-0.15, -0.1) is 0 Å². The zero-order chi connectivity index (χ0) is 18.2. The number of halogens is 1. The number of hydrogen-bond donors (Lipinski definition) is 1. The lowest BCUT2D eigenvalue weighted by Gasteiger charge is -2.28. The number of benzene rings is 1. The fourth-order valence-corrected chi connectivity index (χ4v) is 3.16. The maximum atomic E-state index is 14.1. The minimum atomic E-state index is -0.557. The van der Waals surface area contributed by atoms with Gasteiger partial charge in [0, 0.05) is 18.9 Å². The van der Waals surface area contributed by atoms with Gasteiger partial charge in [-0.25, -0.2) is 4.39 Å². The fourth-order valence-electron chi connectivity index (χ4n) is 3.16. The smallest absolute Gasteiger partial charge is 0.305 e. The van der Waals surface area contributed by atoms with Crippen LogP contribution in [0.15, 0.2) is 18.2 Å². The van der Waals surface area contributed by atoms with E-state index in [2.05, 4.69) is 0 Å². The Hall–Kier alpha value is -1.95. The maximum absolute atomic E-state index is 14.1. The quantitative estimate of drug-likeness (QED) is 0.574. The van der Waals surface area contributed by atoms with Crippen molar-refractivity contribution in [3.05, 3.63) is 29.6 Å². The molecule has 2 rings (SSSR count). The average molecular weight is 351 g/mol. The Morgan fingerprint density at radius 2 is 1.96 bits per heavy atom. The zero-order valence-electron chi connectivity index (χ0n) is 14.6. The van der Waals surface area contributed by atoms with Crippen molar-refractivity contribution in [1.29, 1.82) is 0 Å². The van der Waals surface area contributed by atoms with Gasteiger partial charge in [0.2, 0.25) is 0 Å². The molecule has 0 aliphatic heterocycles. The second-order valence-corrected chi connectivity index (χ2v) is 6.50. The van der Waals surface area contributed by atoms with Crippen LogP contribution in [0.25, 0.3) is 0 Å². The first kappa shape index (κ1) is 19.4. The van der Waals surface area contributed by atoms with Crippen LogP contribution in [-0.2, 0) is 9.53 Å². The number of carbonyl (C=O) groups is 2. The lowest BCUT2D eigenvalue weighted by Crippen LogP contribution is -2.25. The third-order valence-electron chi connectivity index (χ3n) is 4.63. The summed E-state index contributed by atoms with van der Waals surface area (Å²) in [6.45, 7) is 0.410. The largest absolute Gasteiger partial charge is 0.490 e. The molecule has 0 heterocycles. The molecule has 1 aromatic carbocycles. The molecule has 1 fully saturated rings. The summed E-state index contributed by atoms with van der Waals surface area (Å²) in [5, 5.41) is 0. The van der Waals surface area contributed by atoms with E-state index in [0.717, 1.165) is 25.7 Å². The van der Waals surface area contributed by atoms with Crippen molar-refractivity contribution in [1.82, 2.24) is 0 Å². The van der Waals surface area contributed by atoms with Gasteiger partial charge in [-0.05, 0) is 56.7 Å². The number of hydrogen-bond acceptors (Lipinski definition) is 5. The van der Waals surface area contributed by atoms with Crippen molar-refractivity contribution in [3.8, 4) is 5.75 Å². The molecule has 1 aliphatic rings. The Morgan fingerprint density at radius 3 is 2.56 bits per heavy atom. The molecule has 1 aliphatic carbocycles. The van der Waals surface area contributed by atoms with Crippen molar-refractivity contribution in [2.75, 3.05) is 13.7 Å². The summed E-state index contributed by atoms with van der Waals surface area (Å²) in [4.78, 5) is 23.2. The van der Waals surface area contributed by atoms with Crippen LogP contribution in [0.4, 0.5) is 4.39 Å². The van der Waals surface area contributed by atoms with Gasteiger partial charge < -0.3 is 15.2 Å². The molecule has 2 N–H and O–H groups in total. The Labute approximate surface area is 147 Å². The molecule has 0 saturated heterocycles. The predicted octanol–water partition coefficient (Wildman–Crippen LogP) is 3.25. The summed E-state index contributed by atoms with van der Waals surface area (Å²) in [7, 11) is 1.40. The number of methoxy groups -OCH3 is 1. The van der Waals surface area contributed by atoms with Crippen molar-refractivity contribution < 1.29 is 23.5 Å². The number of ether oxygens (including phenoxy) is 2. The molecule has 0 aromatic heterocycles. The van der Waals surface area contributed by atoms with Gasteiger partial charge in [-0.1, -0.05) is 0 Å². The van der Waals surface area contributed by atoms with Crippen LogP contribution in [0.1, 0.15) is 55.3 Å². The highest BCUT2D eigenvalue weighted by atomic mass is 19.1. The molecule has 25 heavy (non-hydrogen) atoms. The molecule has 1 saturated carbocycles. The third kappa shape index (κ3) is 5.81. The number of Topliss-reactive ketones (excluding diaryl/α,β-unsaturated/α-hetero) is 1. The van der Waals surface area contributed by atoms with Crippen molar-refractivity contribution in [2.24, 2.45) is 11.7 Å². The van der Waals surface area contributed by atoms with Crippen LogP contribution in [0.5, 0.6) is 5.75 Å². The van der Waals surface area contributed by atoms with Crippen LogP contribution in [0, 0.1) is 11.7 Å². The van der Waals surface area contributed by atoms with Gasteiger partial charge in [-0.3, -0.25) is 9.59 Å². The molecule has 138 valence electrons. The monoisotopic (exact) mass is 351 g/mol. The summed E-state index contributed by atoms with van der Waals surface area (Å²) in [5.74, 6) is -0.214. The molecule has 5 nitrogen and oxygen atoms in total. The van der Waals surface area contributed by atoms with Gasteiger partial charge in [0.05, 0.1) is 18.8 Å². The molecule has 0 bridgehead atoms. The van der Waals surface area contributed by atoms with Crippen LogP contribution in [0.3, 0.4) is 0 Å². The molecular formula is C19H26FNO4. The molecule has 6 heteroatoms. The van der Waals surface area contributed by atoms with E-state index in [1.165, 1.54) is 19.2 Å². The minimum absolute atomic E-state index is 0.00656. The maximum Gasteiger partial charge on any atom is 0.305 e. The van der Waals surface area contributed by atoms with Crippen molar-refractivity contribution in [3.63, 3.8) is 0 Å². The Morgan fingerprint density at radius 1 is 1.24 bits per heavy atom. The van der Waals surface area contributed by atoms with E-state index >= 15 is 0 Å². The van der Waals surface area contributed by atoms with Crippen LogP contribution >= 0.6 is 0 Å². The van der Waals surface area contributed by atoms with E-state index < -0.39 is 5.82 Å². The van der Waals surface area contributed by atoms with E-state index in [-0.39, 0.29) is 29.8 Å². The normalized spacial score (nSPS) is 20.1. The molecule has 0 spiro atoms. The second-order valence-electron chi connectivity index (χ2n) is 6.50. The number of ketones is 1. The first-order valence-corrected chi connectivity index (χ1v) is 8.79. The van der Waals surface area contributed by atoms with Crippen molar-refractivity contribution >= 4 is 11.8 Å². The SMILES string of the molecule is COC(=O)CC1CCC(Oc2ccc(C(=O)CCCN)c(F)c2)CC1. The van der Waals surface area contributed by atoms with Gasteiger partial charge >= 0.3 is 5.97 Å². The van der Waals surface area contributed by atoms with Gasteiger partial charge in [0.1, 0.15) is 11.6 Å². The molecule has 0 atom stereocenters. The van der Waals surface area contributed by atoms with Gasteiger partial charge in [-0.2, -0.15) is 0 Å². The highest BCUT2D eigenvalue weighted by Gasteiger charge is 2.25. The molecule has 0 unspecified atom stereocenters. The number of rotatable bonds is 8. The van der Waals surface area contributed by atoms with E-state index in [0.29, 0.717) is 31.1 Å². The van der Waals surface area contributed by atoms with E-state index in [1.54, 1.807) is 6.07 Å². The summed E-state index contributed by atoms with van der Waals surface area (Å²) in [6.07, 6.45) is 4.66. The molecular weight excluding hydrogens is 325 g/mol. The fraction of sp³-hybridized carbons (Fsp3) is 0.579. The number of carbonyl (C=O) groups excluding carboxylic acids is 2. The first-order chi connectivity index (χ1) is 12.0. The number of esters is 1. The predicted molar refractivity (Wildman–Crippen MR) is 92.0 cm³/mol. The molecule has 0 amide bonds. The topological polar surface area (TPSA) is 78.6 Å². The van der Waals surface area contributed by atoms with Gasteiger partial charge in [0.25, 0.3) is 0 Å². The Balaban J connectivity index is 1.86. The minimum Gasteiger partial charge on any atom is -0.490 e. The lowest BCUT2D eigenvalue weighted by atomic mass is 9.85. The van der Waals surface area contributed by atoms with Gasteiger partial charge in [0.15, 0.2) is 5.78 Å². The highest BCUT2D eigenvalue weighted by molar-refractivity contribution is 5.96. The molecule has 1 aromatic rings. The highest BCUT2D eigenvalue weighted by Crippen LogP contribution is 2.30. The summed E-state index contributed by atoms with van der Waals surface area (Å²) >= 11 is 0. The van der Waals surface area contributed by atoms with Crippen LogP contribution < -0.4 is 10.5 Å². The molecule has 0 radical (unpaired) electrons. The summed E-state index contributed by atoms with van der Waals surface area (Å²) < 4.78 is 24.7. The number of nitrogens with two attached hydrogens (primary N) is 1. The zero-order valence-corrected chi connectivity index (χ0v) is 14.6. The van der Waals surface area contributed by atoms with Crippen LogP contribution in [0.2, 0.25) is 0 Å². The standard InChI is InChI=1S/C19H26FNO4/c1-24-19(23)11-13-4-6-14(7-5-13)25-15-8-9-16(17(20)12-15)18(22)3-2-10-21/h8-9,12-14H,2-7,10-11,21H2,1H3. The van der Waals surface area contributed by atoms with E-state index in [9.17, 15) is 14.0 Å². The van der Waals surface area contributed by atoms with E-state index in [1.807, 2.05) is 0 Å².